The Hall–Kier alpha value is -2.53. The van der Waals surface area contributed by atoms with Crippen LogP contribution in [0.5, 0.6) is 0 Å². The van der Waals surface area contributed by atoms with Gasteiger partial charge in [0.1, 0.15) is 0 Å². The minimum atomic E-state index is -0.387. The summed E-state index contributed by atoms with van der Waals surface area (Å²) in [7, 11) is 0. The molecule has 0 spiro atoms. The molecule has 1 fully saturated rings. The molecule has 0 radical (unpaired) electrons. The van der Waals surface area contributed by atoms with Gasteiger partial charge < -0.3 is 4.98 Å². The Kier molecular flexibility index (Phi) is 2.50. The second kappa shape index (κ2) is 4.55. The van der Waals surface area contributed by atoms with Crippen LogP contribution in [0.25, 0.3) is 10.9 Å². The number of carbonyl (C=O) groups excluding carboxylic acids is 2. The van der Waals surface area contributed by atoms with Gasteiger partial charge >= 0.3 is 0 Å². The highest BCUT2D eigenvalue weighted by Crippen LogP contribution is 2.60. The van der Waals surface area contributed by atoms with Crippen molar-refractivity contribution in [3.63, 3.8) is 0 Å². The minimum absolute atomic E-state index is 0.0643. The van der Waals surface area contributed by atoms with Crippen LogP contribution in [0, 0.1) is 5.92 Å². The summed E-state index contributed by atoms with van der Waals surface area (Å²) in [5.74, 6) is -0.845. The normalized spacial score (nSPS) is 29.1. The molecule has 4 unspecified atom stereocenters. The van der Waals surface area contributed by atoms with E-state index in [1.54, 1.807) is 11.8 Å². The summed E-state index contributed by atoms with van der Waals surface area (Å²) in [6.45, 7) is 0. The van der Waals surface area contributed by atoms with Gasteiger partial charge in [0.05, 0.1) is 11.8 Å². The standard InChI is InChI=1S/C20H14N2O2S/c23-19-15-13-9-5-1-3-7-11(9)21-17(13)14-10-6-2-4-8-12(10)25-18(14)16(15)20(24)22-19/h1-8,14-16,18,21H,(H,22,23,24). The van der Waals surface area contributed by atoms with Crippen LogP contribution in [0.2, 0.25) is 0 Å². The van der Waals surface area contributed by atoms with E-state index in [0.717, 1.165) is 22.2 Å². The van der Waals surface area contributed by atoms with Crippen LogP contribution in [0.4, 0.5) is 0 Å². The van der Waals surface area contributed by atoms with E-state index < -0.39 is 0 Å². The van der Waals surface area contributed by atoms with E-state index in [0.29, 0.717) is 0 Å². The average molecular weight is 346 g/mol. The molecule has 2 aliphatic heterocycles. The largest absolute Gasteiger partial charge is 0.358 e. The number of fused-ring (bicyclic) bond motifs is 10. The van der Waals surface area contributed by atoms with E-state index in [4.69, 9.17) is 0 Å². The molecule has 2 N–H and O–H groups in total. The number of hydrogen-bond acceptors (Lipinski definition) is 3. The average Bonchev–Trinajstić information content (AvgIpc) is 3.26. The Morgan fingerprint density at radius 3 is 2.60 bits per heavy atom. The Bertz CT molecular complexity index is 1090. The molecule has 1 aliphatic carbocycles. The van der Waals surface area contributed by atoms with E-state index in [1.165, 1.54) is 10.5 Å². The molecule has 2 aromatic carbocycles. The number of aromatic nitrogens is 1. The lowest BCUT2D eigenvalue weighted by molar-refractivity contribution is -0.125. The van der Waals surface area contributed by atoms with Crippen LogP contribution in [0.15, 0.2) is 53.4 Å². The highest BCUT2D eigenvalue weighted by Gasteiger charge is 2.57. The minimum Gasteiger partial charge on any atom is -0.358 e. The van der Waals surface area contributed by atoms with E-state index in [9.17, 15) is 9.59 Å². The summed E-state index contributed by atoms with van der Waals surface area (Å²) in [6.07, 6.45) is 0. The SMILES string of the molecule is O=C1NC(=O)C2C1c1c([nH]c3ccccc13)C1c3ccccc3SC12. The van der Waals surface area contributed by atoms with Crippen LogP contribution in [0.3, 0.4) is 0 Å². The lowest BCUT2D eigenvalue weighted by Gasteiger charge is -2.33. The van der Waals surface area contributed by atoms with Gasteiger partial charge in [0, 0.05) is 32.7 Å². The van der Waals surface area contributed by atoms with Crippen molar-refractivity contribution in [2.75, 3.05) is 0 Å². The molecular formula is C20H14N2O2S. The zero-order chi connectivity index (χ0) is 16.7. The molecule has 3 aliphatic rings. The molecule has 25 heavy (non-hydrogen) atoms. The Morgan fingerprint density at radius 1 is 0.880 bits per heavy atom. The summed E-state index contributed by atoms with van der Waals surface area (Å²) in [4.78, 5) is 30.0. The first-order valence-corrected chi connectivity index (χ1v) is 9.33. The maximum absolute atomic E-state index is 12.6. The maximum Gasteiger partial charge on any atom is 0.235 e. The molecule has 3 heterocycles. The number of rotatable bonds is 0. The Labute approximate surface area is 148 Å². The van der Waals surface area contributed by atoms with Gasteiger partial charge in [-0.1, -0.05) is 36.4 Å². The zero-order valence-electron chi connectivity index (χ0n) is 13.2. The van der Waals surface area contributed by atoms with Gasteiger partial charge in [-0.25, -0.2) is 0 Å². The molecular weight excluding hydrogens is 332 g/mol. The van der Waals surface area contributed by atoms with Crippen LogP contribution in [-0.4, -0.2) is 22.0 Å². The predicted octanol–water partition coefficient (Wildman–Crippen LogP) is 3.14. The van der Waals surface area contributed by atoms with E-state index in [-0.39, 0.29) is 34.8 Å². The number of H-pyrrole nitrogens is 1. The second-order valence-electron chi connectivity index (χ2n) is 6.95. The van der Waals surface area contributed by atoms with Crippen LogP contribution in [-0.2, 0) is 9.59 Å². The third kappa shape index (κ3) is 1.59. The first-order chi connectivity index (χ1) is 12.2. The molecule has 6 rings (SSSR count). The van der Waals surface area contributed by atoms with Crippen molar-refractivity contribution < 1.29 is 9.59 Å². The zero-order valence-corrected chi connectivity index (χ0v) is 14.0. The smallest absolute Gasteiger partial charge is 0.235 e. The first kappa shape index (κ1) is 13.7. The topological polar surface area (TPSA) is 62.0 Å². The van der Waals surface area contributed by atoms with Gasteiger partial charge in [0.2, 0.25) is 11.8 Å². The van der Waals surface area contributed by atoms with Crippen LogP contribution >= 0.6 is 11.8 Å². The van der Waals surface area contributed by atoms with Gasteiger partial charge in [-0.3, -0.25) is 14.9 Å². The van der Waals surface area contributed by atoms with Crippen molar-refractivity contribution in [2.45, 2.75) is 22.0 Å². The fourth-order valence-corrected chi connectivity index (χ4v) is 6.48. The van der Waals surface area contributed by atoms with Crippen molar-refractivity contribution in [3.8, 4) is 0 Å². The maximum atomic E-state index is 12.6. The summed E-state index contributed by atoms with van der Waals surface area (Å²) in [6, 6.07) is 16.4. The number of thioether (sulfide) groups is 1. The summed E-state index contributed by atoms with van der Waals surface area (Å²) in [5, 5.41) is 3.71. The number of aromatic amines is 1. The third-order valence-electron chi connectivity index (χ3n) is 5.79. The number of carbonyl (C=O) groups is 2. The van der Waals surface area contributed by atoms with Crippen molar-refractivity contribution >= 4 is 34.5 Å². The molecule has 5 heteroatoms. The number of para-hydroxylation sites is 1. The molecule has 0 saturated carbocycles. The highest BCUT2D eigenvalue weighted by molar-refractivity contribution is 8.00. The second-order valence-corrected chi connectivity index (χ2v) is 8.17. The third-order valence-corrected chi connectivity index (χ3v) is 7.25. The van der Waals surface area contributed by atoms with Gasteiger partial charge in [-0.15, -0.1) is 11.8 Å². The molecule has 1 aromatic heterocycles. The van der Waals surface area contributed by atoms with Gasteiger partial charge in [0.15, 0.2) is 0 Å². The molecule has 3 aromatic rings. The lowest BCUT2D eigenvalue weighted by Crippen LogP contribution is -2.35. The fraction of sp³-hybridized carbons (Fsp3) is 0.200. The van der Waals surface area contributed by atoms with Gasteiger partial charge in [0.25, 0.3) is 0 Å². The Morgan fingerprint density at radius 2 is 1.68 bits per heavy atom. The lowest BCUT2D eigenvalue weighted by atomic mass is 9.71. The number of benzene rings is 2. The Balaban J connectivity index is 1.71. The van der Waals surface area contributed by atoms with Crippen molar-refractivity contribution in [1.82, 2.24) is 10.3 Å². The number of hydrogen-bond donors (Lipinski definition) is 2. The number of amides is 2. The highest BCUT2D eigenvalue weighted by atomic mass is 32.2. The molecule has 0 bridgehead atoms. The van der Waals surface area contributed by atoms with Gasteiger partial charge in [-0.2, -0.15) is 0 Å². The summed E-state index contributed by atoms with van der Waals surface area (Å²) >= 11 is 1.74. The summed E-state index contributed by atoms with van der Waals surface area (Å²) in [5.41, 5.74) is 4.42. The van der Waals surface area contributed by atoms with Crippen LogP contribution in [0.1, 0.15) is 28.7 Å². The van der Waals surface area contributed by atoms with E-state index in [1.807, 2.05) is 30.3 Å². The van der Waals surface area contributed by atoms with Crippen molar-refractivity contribution in [2.24, 2.45) is 5.92 Å². The van der Waals surface area contributed by atoms with E-state index >= 15 is 0 Å². The predicted molar refractivity (Wildman–Crippen MR) is 95.6 cm³/mol. The van der Waals surface area contributed by atoms with E-state index in [2.05, 4.69) is 28.5 Å². The molecule has 122 valence electrons. The van der Waals surface area contributed by atoms with Crippen LogP contribution < -0.4 is 5.32 Å². The fourth-order valence-electron chi connectivity index (χ4n) is 4.85. The molecule has 1 saturated heterocycles. The monoisotopic (exact) mass is 346 g/mol. The van der Waals surface area contributed by atoms with Gasteiger partial charge in [-0.05, 0) is 23.3 Å². The first-order valence-electron chi connectivity index (χ1n) is 8.45. The molecule has 4 nitrogen and oxygen atoms in total. The molecule has 2 amide bonds. The number of nitrogens with one attached hydrogen (secondary N) is 2. The summed E-state index contributed by atoms with van der Waals surface area (Å²) < 4.78 is 0. The van der Waals surface area contributed by atoms with Crippen molar-refractivity contribution in [3.05, 3.63) is 65.4 Å². The number of imide groups is 1. The molecule has 4 atom stereocenters. The quantitative estimate of drug-likeness (QED) is 0.615. The van der Waals surface area contributed by atoms with Crippen molar-refractivity contribution in [1.29, 1.82) is 0 Å².